The monoisotopic (exact) mass is 489 g/mol. The molecule has 5 nitrogen and oxygen atoms in total. The average molecular weight is 489 g/mol. The van der Waals surface area contributed by atoms with Crippen LogP contribution in [0.4, 0.5) is 0 Å². The Morgan fingerprint density at radius 1 is 1.19 bits per heavy atom. The van der Waals surface area contributed by atoms with Crippen molar-refractivity contribution in [1.29, 1.82) is 0 Å². The Morgan fingerprint density at radius 2 is 2.00 bits per heavy atom. The van der Waals surface area contributed by atoms with Crippen LogP contribution in [0, 0.1) is 0 Å². The van der Waals surface area contributed by atoms with E-state index in [1.54, 1.807) is 25.5 Å². The number of halogens is 1. The zero-order chi connectivity index (χ0) is 17.9. The van der Waals surface area contributed by atoms with Crippen molar-refractivity contribution < 1.29 is 9.47 Å². The molecule has 1 atom stereocenters. The highest BCUT2D eigenvalue weighted by molar-refractivity contribution is 14.0. The topological polar surface area (TPSA) is 54.9 Å². The Morgan fingerprint density at radius 3 is 2.69 bits per heavy atom. The molecule has 2 rings (SSSR count). The molecule has 0 amide bonds. The molecule has 0 aliphatic rings. The van der Waals surface area contributed by atoms with Gasteiger partial charge in [0.2, 0.25) is 0 Å². The summed E-state index contributed by atoms with van der Waals surface area (Å²) in [6, 6.07) is 12.1. The van der Waals surface area contributed by atoms with E-state index in [9.17, 15) is 0 Å². The van der Waals surface area contributed by atoms with Gasteiger partial charge in [0.05, 0.1) is 20.3 Å². The van der Waals surface area contributed by atoms with Crippen molar-refractivity contribution in [2.24, 2.45) is 4.99 Å². The number of thiophene rings is 1. The molecule has 26 heavy (non-hydrogen) atoms. The highest BCUT2D eigenvalue weighted by Gasteiger charge is 2.07. The Labute approximate surface area is 177 Å². The number of guanidine groups is 1. The second-order valence-electron chi connectivity index (χ2n) is 5.66. The number of aliphatic imine (C=N–C) groups is 1. The van der Waals surface area contributed by atoms with Crippen molar-refractivity contribution in [2.45, 2.75) is 19.4 Å². The van der Waals surface area contributed by atoms with E-state index >= 15 is 0 Å². The van der Waals surface area contributed by atoms with Crippen molar-refractivity contribution >= 4 is 41.3 Å². The number of benzene rings is 1. The van der Waals surface area contributed by atoms with E-state index in [0.29, 0.717) is 25.7 Å². The summed E-state index contributed by atoms with van der Waals surface area (Å²) in [7, 11) is 3.45. The largest absolute Gasteiger partial charge is 0.496 e. The summed E-state index contributed by atoms with van der Waals surface area (Å²) in [5, 5.41) is 8.73. The van der Waals surface area contributed by atoms with Gasteiger partial charge in [0, 0.05) is 36.5 Å². The summed E-state index contributed by atoms with van der Waals surface area (Å²) in [4.78, 5) is 5.62. The lowest BCUT2D eigenvalue weighted by atomic mass is 10.1. The number of hydrogen-bond acceptors (Lipinski definition) is 4. The second-order valence-corrected chi connectivity index (χ2v) is 6.64. The molecular weight excluding hydrogens is 461 g/mol. The number of hydrogen-bond donors (Lipinski definition) is 2. The molecule has 0 saturated carbocycles. The van der Waals surface area contributed by atoms with Crippen molar-refractivity contribution in [3.8, 4) is 5.75 Å². The van der Waals surface area contributed by atoms with E-state index in [4.69, 9.17) is 9.47 Å². The summed E-state index contributed by atoms with van der Waals surface area (Å²) in [6.07, 6.45) is 0. The number of nitrogens with one attached hydrogen (secondary N) is 2. The maximum atomic E-state index is 5.72. The Kier molecular flexibility index (Phi) is 11.3. The molecule has 1 aromatic carbocycles. The first-order chi connectivity index (χ1) is 12.2. The molecule has 0 radical (unpaired) electrons. The first kappa shape index (κ1) is 22.7. The van der Waals surface area contributed by atoms with Gasteiger partial charge in [-0.1, -0.05) is 31.2 Å². The number of methoxy groups -OCH3 is 1. The van der Waals surface area contributed by atoms with Gasteiger partial charge >= 0.3 is 0 Å². The zero-order valence-electron chi connectivity index (χ0n) is 15.5. The van der Waals surface area contributed by atoms with Gasteiger partial charge in [0.15, 0.2) is 5.96 Å². The van der Waals surface area contributed by atoms with Crippen LogP contribution in [-0.2, 0) is 11.3 Å². The molecular formula is C19H28IN3O2S. The van der Waals surface area contributed by atoms with E-state index in [1.165, 1.54) is 4.88 Å². The Hall–Kier alpha value is -1.32. The number of ether oxygens (including phenoxy) is 2. The summed E-state index contributed by atoms with van der Waals surface area (Å²) in [5.74, 6) is 2.11. The number of nitrogens with zero attached hydrogens (tertiary/aromatic N) is 1. The highest BCUT2D eigenvalue weighted by Crippen LogP contribution is 2.19. The van der Waals surface area contributed by atoms with Gasteiger partial charge in [-0.05, 0) is 17.5 Å². The quantitative estimate of drug-likeness (QED) is 0.243. The molecule has 1 unspecified atom stereocenters. The molecule has 2 N–H and O–H groups in total. The van der Waals surface area contributed by atoms with E-state index in [2.05, 4.69) is 40.1 Å². The first-order valence-electron chi connectivity index (χ1n) is 8.42. The number of rotatable bonds is 9. The molecule has 0 saturated heterocycles. The van der Waals surface area contributed by atoms with Gasteiger partial charge in [-0.3, -0.25) is 4.99 Å². The lowest BCUT2D eigenvalue weighted by molar-refractivity contribution is 0.123. The SMILES string of the molecule is CN=C(NCCOCc1ccccc1OC)NCC(C)c1cccs1.I. The van der Waals surface area contributed by atoms with Crippen LogP contribution in [0.2, 0.25) is 0 Å². The molecule has 144 valence electrons. The fourth-order valence-corrected chi connectivity index (χ4v) is 3.18. The fourth-order valence-electron chi connectivity index (χ4n) is 2.39. The van der Waals surface area contributed by atoms with Crippen LogP contribution in [0.5, 0.6) is 5.75 Å². The minimum absolute atomic E-state index is 0. The summed E-state index contributed by atoms with van der Waals surface area (Å²) >= 11 is 1.79. The van der Waals surface area contributed by atoms with Crippen LogP contribution in [-0.4, -0.2) is 39.8 Å². The molecule has 0 spiro atoms. The van der Waals surface area contributed by atoms with Crippen LogP contribution in [0.1, 0.15) is 23.3 Å². The predicted molar refractivity (Wildman–Crippen MR) is 120 cm³/mol. The maximum Gasteiger partial charge on any atom is 0.191 e. The van der Waals surface area contributed by atoms with Crippen LogP contribution in [0.25, 0.3) is 0 Å². The van der Waals surface area contributed by atoms with Crippen LogP contribution in [0.3, 0.4) is 0 Å². The van der Waals surface area contributed by atoms with E-state index in [1.807, 2.05) is 24.3 Å². The van der Waals surface area contributed by atoms with Gasteiger partial charge in [0.1, 0.15) is 5.75 Å². The van der Waals surface area contributed by atoms with Gasteiger partial charge < -0.3 is 20.1 Å². The third-order valence-electron chi connectivity index (χ3n) is 3.82. The van der Waals surface area contributed by atoms with E-state index in [-0.39, 0.29) is 24.0 Å². The lowest BCUT2D eigenvalue weighted by Gasteiger charge is -2.15. The minimum atomic E-state index is 0. The third kappa shape index (κ3) is 7.51. The van der Waals surface area contributed by atoms with E-state index < -0.39 is 0 Å². The van der Waals surface area contributed by atoms with E-state index in [0.717, 1.165) is 23.8 Å². The van der Waals surface area contributed by atoms with Crippen molar-refractivity contribution in [3.05, 3.63) is 52.2 Å². The summed E-state index contributed by atoms with van der Waals surface area (Å²) in [5.41, 5.74) is 1.05. The second kappa shape index (κ2) is 12.9. The average Bonchev–Trinajstić information content (AvgIpc) is 3.19. The standard InChI is InChI=1S/C19H27N3O2S.HI/c1-15(18-9-6-12-25-18)13-22-19(20-2)21-10-11-24-14-16-7-4-5-8-17(16)23-3;/h4-9,12,15H,10-11,13-14H2,1-3H3,(H2,20,21,22);1H. The lowest BCUT2D eigenvalue weighted by Crippen LogP contribution is -2.40. The zero-order valence-corrected chi connectivity index (χ0v) is 18.7. The molecule has 1 heterocycles. The number of para-hydroxylation sites is 1. The van der Waals surface area contributed by atoms with Gasteiger partial charge in [-0.2, -0.15) is 0 Å². The molecule has 7 heteroatoms. The Bertz CT molecular complexity index is 650. The van der Waals surface area contributed by atoms with Gasteiger partial charge in [-0.25, -0.2) is 0 Å². The maximum absolute atomic E-state index is 5.72. The first-order valence-corrected chi connectivity index (χ1v) is 9.30. The van der Waals surface area contributed by atoms with Crippen LogP contribution < -0.4 is 15.4 Å². The summed E-state index contributed by atoms with van der Waals surface area (Å²) < 4.78 is 11.0. The minimum Gasteiger partial charge on any atom is -0.496 e. The molecule has 0 bridgehead atoms. The smallest absolute Gasteiger partial charge is 0.191 e. The van der Waals surface area contributed by atoms with Crippen molar-refractivity contribution in [3.63, 3.8) is 0 Å². The molecule has 2 aromatic rings. The fraction of sp³-hybridized carbons (Fsp3) is 0.421. The van der Waals surface area contributed by atoms with Crippen molar-refractivity contribution in [1.82, 2.24) is 10.6 Å². The van der Waals surface area contributed by atoms with Crippen molar-refractivity contribution in [2.75, 3.05) is 33.9 Å². The van der Waals surface area contributed by atoms with Gasteiger partial charge in [-0.15, -0.1) is 35.3 Å². The normalized spacial score (nSPS) is 12.2. The van der Waals surface area contributed by atoms with Gasteiger partial charge in [0.25, 0.3) is 0 Å². The molecule has 0 fully saturated rings. The third-order valence-corrected chi connectivity index (χ3v) is 4.92. The van der Waals surface area contributed by atoms with Crippen LogP contribution in [0.15, 0.2) is 46.8 Å². The molecule has 0 aliphatic carbocycles. The predicted octanol–water partition coefficient (Wildman–Crippen LogP) is 3.86. The highest BCUT2D eigenvalue weighted by atomic mass is 127. The Balaban J connectivity index is 0.00000338. The molecule has 1 aromatic heterocycles. The summed E-state index contributed by atoms with van der Waals surface area (Å²) in [6.45, 7) is 4.89. The van der Waals surface area contributed by atoms with Crippen LogP contribution >= 0.6 is 35.3 Å². The molecule has 0 aliphatic heterocycles.